The van der Waals surface area contributed by atoms with Gasteiger partial charge in [-0.2, -0.15) is 5.10 Å². The van der Waals surface area contributed by atoms with Crippen LogP contribution in [0, 0.1) is 18.8 Å². The topological polar surface area (TPSA) is 138 Å². The van der Waals surface area contributed by atoms with Gasteiger partial charge in [-0.1, -0.05) is 42.2 Å². The lowest BCUT2D eigenvalue weighted by molar-refractivity contribution is 0.0941. The van der Waals surface area contributed by atoms with Crippen LogP contribution in [-0.2, 0) is 7.05 Å². The van der Waals surface area contributed by atoms with Gasteiger partial charge < -0.3 is 11.1 Å². The summed E-state index contributed by atoms with van der Waals surface area (Å²) in [4.78, 5) is 31.6. The van der Waals surface area contributed by atoms with Gasteiger partial charge in [-0.15, -0.1) is 14.8 Å². The van der Waals surface area contributed by atoms with Crippen molar-refractivity contribution in [2.24, 2.45) is 7.05 Å². The van der Waals surface area contributed by atoms with Crippen molar-refractivity contribution >= 4 is 28.0 Å². The van der Waals surface area contributed by atoms with Gasteiger partial charge in [-0.05, 0) is 43.5 Å². The van der Waals surface area contributed by atoms with Gasteiger partial charge in [0.2, 0.25) is 0 Å². The molecule has 2 aromatic carbocycles. The van der Waals surface area contributed by atoms with Crippen molar-refractivity contribution in [1.29, 1.82) is 0 Å². The monoisotopic (exact) mass is 543 g/mol. The van der Waals surface area contributed by atoms with Crippen molar-refractivity contribution in [3.63, 3.8) is 0 Å². The van der Waals surface area contributed by atoms with E-state index in [0.717, 1.165) is 11.3 Å². The second kappa shape index (κ2) is 10.1. The fraction of sp³-hybridized carbons (Fsp3) is 0.133. The largest absolute Gasteiger partial charge is 0.381 e. The SMILES string of the molecule is Cc1c(C#Cc2cccc3cc([C@H](C)NC(=O)c4c(N)nn5ncncc45)n(-c4ccccc4)c(=O)c23)cnn1C. The third-order valence-electron chi connectivity index (χ3n) is 7.03. The summed E-state index contributed by atoms with van der Waals surface area (Å²) in [6.45, 7) is 3.75. The standard InChI is InChI=1S/C30H25N9O2/c1-18(35-29(40)27-25-16-32-17-34-39(25)36-28(27)31)24-14-21-9-7-8-20(12-13-22-15-33-37(3)19(22)2)26(21)30(41)38(24)23-10-5-4-6-11-23/h4-11,14-18H,1-3H3,(H2,31,36)(H,35,40)/t18-/m0/s1. The first-order valence-corrected chi connectivity index (χ1v) is 12.8. The number of nitrogen functional groups attached to an aromatic ring is 1. The number of nitrogens with two attached hydrogens (primary N) is 1. The van der Waals surface area contributed by atoms with Crippen LogP contribution >= 0.6 is 0 Å². The van der Waals surface area contributed by atoms with Gasteiger partial charge in [-0.25, -0.2) is 4.98 Å². The maximum absolute atomic E-state index is 14.2. The predicted molar refractivity (Wildman–Crippen MR) is 155 cm³/mol. The van der Waals surface area contributed by atoms with Gasteiger partial charge in [-0.3, -0.25) is 18.8 Å². The number of aryl methyl sites for hydroxylation is 1. The Hall–Kier alpha value is -5.76. The number of para-hydroxylation sites is 1. The van der Waals surface area contributed by atoms with Gasteiger partial charge in [0.05, 0.1) is 35.1 Å². The summed E-state index contributed by atoms with van der Waals surface area (Å²) >= 11 is 0. The fourth-order valence-electron chi connectivity index (χ4n) is 4.80. The average Bonchev–Trinajstić information content (AvgIpc) is 3.49. The molecule has 6 aromatic rings. The number of benzene rings is 2. The molecule has 0 spiro atoms. The summed E-state index contributed by atoms with van der Waals surface area (Å²) in [6, 6.07) is 16.2. The van der Waals surface area contributed by atoms with Gasteiger partial charge in [0.15, 0.2) is 5.82 Å². The number of anilines is 1. The van der Waals surface area contributed by atoms with Crippen molar-refractivity contribution in [2.75, 3.05) is 5.73 Å². The van der Waals surface area contributed by atoms with E-state index < -0.39 is 11.9 Å². The highest BCUT2D eigenvalue weighted by Gasteiger charge is 2.23. The van der Waals surface area contributed by atoms with Crippen molar-refractivity contribution in [3.05, 3.63) is 112 Å². The van der Waals surface area contributed by atoms with E-state index >= 15 is 0 Å². The number of fused-ring (bicyclic) bond motifs is 2. The Morgan fingerprint density at radius 1 is 1.02 bits per heavy atom. The van der Waals surface area contributed by atoms with Gasteiger partial charge in [0.1, 0.15) is 17.4 Å². The lowest BCUT2D eigenvalue weighted by Gasteiger charge is -2.21. The highest BCUT2D eigenvalue weighted by Crippen LogP contribution is 2.24. The summed E-state index contributed by atoms with van der Waals surface area (Å²) in [7, 11) is 1.86. The molecule has 11 heteroatoms. The number of carbonyl (C=O) groups excluding carboxylic acids is 1. The Bertz CT molecular complexity index is 2080. The van der Waals surface area contributed by atoms with E-state index in [9.17, 15) is 9.59 Å². The van der Waals surface area contributed by atoms with Crippen LogP contribution in [0.15, 0.2) is 78.1 Å². The Balaban J connectivity index is 1.48. The quantitative estimate of drug-likeness (QED) is 0.326. The molecule has 0 saturated carbocycles. The number of carbonyl (C=O) groups is 1. The first kappa shape index (κ1) is 25.5. The third-order valence-corrected chi connectivity index (χ3v) is 7.03. The van der Waals surface area contributed by atoms with Crippen LogP contribution in [0.25, 0.3) is 22.0 Å². The molecule has 0 radical (unpaired) electrons. The number of hydrogen-bond acceptors (Lipinski definition) is 7. The van der Waals surface area contributed by atoms with Crippen LogP contribution in [0.5, 0.6) is 0 Å². The molecule has 11 nitrogen and oxygen atoms in total. The molecule has 202 valence electrons. The molecule has 0 unspecified atom stereocenters. The van der Waals surface area contributed by atoms with Crippen LogP contribution in [0.4, 0.5) is 5.82 Å². The number of hydrogen-bond donors (Lipinski definition) is 2. The number of pyridine rings is 1. The molecule has 6 rings (SSSR count). The predicted octanol–water partition coefficient (Wildman–Crippen LogP) is 2.94. The molecule has 0 aliphatic heterocycles. The minimum absolute atomic E-state index is 0.0289. The van der Waals surface area contributed by atoms with E-state index in [1.54, 1.807) is 15.4 Å². The van der Waals surface area contributed by atoms with Gasteiger partial charge in [0, 0.05) is 24.0 Å². The van der Waals surface area contributed by atoms with Crippen LogP contribution in [-0.4, -0.2) is 40.1 Å². The molecule has 1 amide bonds. The zero-order chi connectivity index (χ0) is 28.7. The van der Waals surface area contributed by atoms with E-state index in [1.165, 1.54) is 17.2 Å². The van der Waals surface area contributed by atoms with Crippen molar-refractivity contribution < 1.29 is 4.79 Å². The maximum Gasteiger partial charge on any atom is 0.264 e. The summed E-state index contributed by atoms with van der Waals surface area (Å²) < 4.78 is 4.62. The summed E-state index contributed by atoms with van der Waals surface area (Å²) in [5.74, 6) is 5.91. The zero-order valence-electron chi connectivity index (χ0n) is 22.5. The van der Waals surface area contributed by atoms with Crippen LogP contribution in [0.3, 0.4) is 0 Å². The minimum Gasteiger partial charge on any atom is -0.381 e. The second-order valence-electron chi connectivity index (χ2n) is 9.57. The molecule has 0 aliphatic rings. The van der Waals surface area contributed by atoms with Crippen molar-refractivity contribution in [2.45, 2.75) is 19.9 Å². The fourth-order valence-corrected chi connectivity index (χ4v) is 4.80. The molecule has 0 saturated heterocycles. The molecule has 0 bridgehead atoms. The Morgan fingerprint density at radius 3 is 2.56 bits per heavy atom. The number of aromatic nitrogens is 7. The zero-order valence-corrected chi connectivity index (χ0v) is 22.5. The van der Waals surface area contributed by atoms with Crippen molar-refractivity contribution in [3.8, 4) is 17.5 Å². The normalized spacial score (nSPS) is 11.8. The van der Waals surface area contributed by atoms with E-state index in [1.807, 2.05) is 75.5 Å². The summed E-state index contributed by atoms with van der Waals surface area (Å²) in [6.07, 6.45) is 4.50. The van der Waals surface area contributed by atoms with E-state index in [0.29, 0.717) is 33.2 Å². The number of amides is 1. The molecule has 1 atom stereocenters. The molecule has 4 aromatic heterocycles. The van der Waals surface area contributed by atoms with Crippen molar-refractivity contribution in [1.82, 2.24) is 39.5 Å². The highest BCUT2D eigenvalue weighted by atomic mass is 16.2. The second-order valence-corrected chi connectivity index (χ2v) is 9.57. The first-order chi connectivity index (χ1) is 19.8. The minimum atomic E-state index is -0.591. The highest BCUT2D eigenvalue weighted by molar-refractivity contribution is 6.05. The van der Waals surface area contributed by atoms with Gasteiger partial charge in [0.25, 0.3) is 11.5 Å². The lowest BCUT2D eigenvalue weighted by atomic mass is 10.0. The number of nitrogens with zero attached hydrogens (tertiary/aromatic N) is 7. The summed E-state index contributed by atoms with van der Waals surface area (Å²) in [5.41, 5.74) is 9.91. The number of rotatable bonds is 4. The van der Waals surface area contributed by atoms with Gasteiger partial charge >= 0.3 is 0 Å². The van der Waals surface area contributed by atoms with Crippen LogP contribution in [0.1, 0.15) is 45.8 Å². The molecule has 3 N–H and O–H groups in total. The van der Waals surface area contributed by atoms with E-state index in [-0.39, 0.29) is 16.9 Å². The average molecular weight is 544 g/mol. The van der Waals surface area contributed by atoms with Crippen LogP contribution < -0.4 is 16.6 Å². The Morgan fingerprint density at radius 2 is 1.80 bits per heavy atom. The Kier molecular flexibility index (Phi) is 6.28. The molecule has 0 fully saturated rings. The van der Waals surface area contributed by atoms with E-state index in [4.69, 9.17) is 5.73 Å². The van der Waals surface area contributed by atoms with Crippen LogP contribution in [0.2, 0.25) is 0 Å². The maximum atomic E-state index is 14.2. The molecule has 4 heterocycles. The third kappa shape index (κ3) is 4.47. The molecule has 41 heavy (non-hydrogen) atoms. The number of nitrogens with one attached hydrogen (secondary N) is 1. The molecule has 0 aliphatic carbocycles. The smallest absolute Gasteiger partial charge is 0.264 e. The molecular weight excluding hydrogens is 518 g/mol. The first-order valence-electron chi connectivity index (χ1n) is 12.8. The molecular formula is C30H25N9O2. The summed E-state index contributed by atoms with van der Waals surface area (Å²) in [5, 5.41) is 16.5. The lowest BCUT2D eigenvalue weighted by Crippen LogP contribution is -2.32. The Labute approximate surface area is 234 Å². The van der Waals surface area contributed by atoms with E-state index in [2.05, 4.69) is 37.4 Å².